The molecule has 172 valence electrons. The number of carbonyl (C=O) groups excluding carboxylic acids is 1. The topological polar surface area (TPSA) is 103 Å². The lowest BCUT2D eigenvalue weighted by Crippen LogP contribution is -2.27. The lowest BCUT2D eigenvalue weighted by Gasteiger charge is -2.05. The van der Waals surface area contributed by atoms with Gasteiger partial charge >= 0.3 is 0 Å². The highest BCUT2D eigenvalue weighted by Gasteiger charge is 2.17. The maximum absolute atomic E-state index is 13.0. The molecule has 0 spiro atoms. The van der Waals surface area contributed by atoms with Gasteiger partial charge in [0.1, 0.15) is 5.82 Å². The highest BCUT2D eigenvalue weighted by Crippen LogP contribution is 2.22. The Kier molecular flexibility index (Phi) is 5.27. The Morgan fingerprint density at radius 3 is 2.69 bits per heavy atom. The maximum atomic E-state index is 13.0. The van der Waals surface area contributed by atoms with Crippen molar-refractivity contribution in [2.75, 3.05) is 6.54 Å². The van der Waals surface area contributed by atoms with Crippen molar-refractivity contribution in [1.29, 1.82) is 0 Å². The van der Waals surface area contributed by atoms with Gasteiger partial charge in [-0.1, -0.05) is 48.5 Å². The van der Waals surface area contributed by atoms with E-state index in [9.17, 15) is 4.79 Å². The number of hydrogen-bond acceptors (Lipinski definition) is 6. The third-order valence-corrected chi connectivity index (χ3v) is 5.89. The van der Waals surface area contributed by atoms with Gasteiger partial charge in [-0.3, -0.25) is 13.9 Å². The number of nitrogens with zero attached hydrogens (tertiary/aromatic N) is 6. The van der Waals surface area contributed by atoms with Crippen LogP contribution in [0.5, 0.6) is 0 Å². The molecule has 0 aliphatic heterocycles. The first-order valence-corrected chi connectivity index (χ1v) is 11.3. The Balaban J connectivity index is 1.19. The van der Waals surface area contributed by atoms with Crippen molar-refractivity contribution < 1.29 is 9.21 Å². The minimum Gasteiger partial charge on any atom is -0.444 e. The molecule has 0 aliphatic rings. The maximum Gasteiger partial charge on any atom is 0.272 e. The Morgan fingerprint density at radius 1 is 0.971 bits per heavy atom. The number of fused-ring (bicyclic) bond motifs is 2. The first-order chi connectivity index (χ1) is 17.3. The van der Waals surface area contributed by atoms with Crippen LogP contribution >= 0.6 is 0 Å². The second kappa shape index (κ2) is 8.86. The zero-order valence-corrected chi connectivity index (χ0v) is 18.7. The lowest BCUT2D eigenvalue weighted by atomic mass is 10.1. The van der Waals surface area contributed by atoms with Crippen molar-refractivity contribution in [1.82, 2.24) is 34.7 Å². The van der Waals surface area contributed by atoms with Crippen LogP contribution in [0, 0.1) is 0 Å². The van der Waals surface area contributed by atoms with Crippen molar-refractivity contribution in [3.63, 3.8) is 0 Å². The molecule has 6 aromatic rings. The first kappa shape index (κ1) is 20.8. The van der Waals surface area contributed by atoms with E-state index in [-0.39, 0.29) is 5.91 Å². The van der Waals surface area contributed by atoms with E-state index in [0.29, 0.717) is 25.2 Å². The molecule has 0 atom stereocenters. The fraction of sp³-hybridized carbons (Fsp3) is 0.115. The Labute approximate surface area is 200 Å². The summed E-state index contributed by atoms with van der Waals surface area (Å²) in [6.45, 7) is 0.967. The number of para-hydroxylation sites is 1. The van der Waals surface area contributed by atoms with Gasteiger partial charge in [0.05, 0.1) is 18.3 Å². The molecule has 0 saturated heterocycles. The van der Waals surface area contributed by atoms with E-state index in [1.54, 1.807) is 6.20 Å². The molecule has 0 aliphatic carbocycles. The number of pyridine rings is 1. The predicted octanol–water partition coefficient (Wildman–Crippen LogP) is 3.75. The van der Waals surface area contributed by atoms with Crippen LogP contribution in [-0.2, 0) is 13.0 Å². The van der Waals surface area contributed by atoms with E-state index < -0.39 is 0 Å². The summed E-state index contributed by atoms with van der Waals surface area (Å²) in [5.74, 6) is 1.30. The van der Waals surface area contributed by atoms with Gasteiger partial charge in [-0.05, 0) is 23.8 Å². The molecular weight excluding hydrogens is 442 g/mol. The van der Waals surface area contributed by atoms with Gasteiger partial charge in [0, 0.05) is 30.1 Å². The van der Waals surface area contributed by atoms with Gasteiger partial charge in [0.2, 0.25) is 0 Å². The summed E-state index contributed by atoms with van der Waals surface area (Å²) < 4.78 is 9.14. The van der Waals surface area contributed by atoms with Gasteiger partial charge in [0.15, 0.2) is 23.5 Å². The van der Waals surface area contributed by atoms with Crippen LogP contribution < -0.4 is 5.32 Å². The second-order valence-electron chi connectivity index (χ2n) is 8.14. The van der Waals surface area contributed by atoms with Crippen molar-refractivity contribution in [2.24, 2.45) is 0 Å². The summed E-state index contributed by atoms with van der Waals surface area (Å²) in [6, 6.07) is 21.5. The summed E-state index contributed by atoms with van der Waals surface area (Å²) in [5.41, 5.74) is 4.11. The number of benzene rings is 2. The molecule has 9 heteroatoms. The first-order valence-electron chi connectivity index (χ1n) is 11.3. The summed E-state index contributed by atoms with van der Waals surface area (Å²) >= 11 is 0. The average molecular weight is 464 g/mol. The second-order valence-corrected chi connectivity index (χ2v) is 8.14. The number of nitrogens with one attached hydrogen (secondary N) is 1. The zero-order valence-electron chi connectivity index (χ0n) is 18.7. The number of amides is 1. The molecule has 0 saturated carbocycles. The predicted molar refractivity (Wildman–Crippen MR) is 130 cm³/mol. The van der Waals surface area contributed by atoms with E-state index in [1.165, 1.54) is 6.39 Å². The van der Waals surface area contributed by atoms with Crippen molar-refractivity contribution in [3.05, 3.63) is 103 Å². The van der Waals surface area contributed by atoms with Crippen LogP contribution in [0.4, 0.5) is 0 Å². The van der Waals surface area contributed by atoms with E-state index in [0.717, 1.165) is 39.3 Å². The fourth-order valence-electron chi connectivity index (χ4n) is 4.15. The van der Waals surface area contributed by atoms with Crippen LogP contribution in [0.3, 0.4) is 0 Å². The van der Waals surface area contributed by atoms with Crippen molar-refractivity contribution >= 4 is 22.5 Å². The minimum absolute atomic E-state index is 0.213. The molecule has 0 radical (unpaired) electrons. The minimum atomic E-state index is -0.213. The molecule has 4 aromatic heterocycles. The SMILES string of the molecule is O=C(NCCc1nnc2ccccn12)c1nn(Cc2ccc(-c3cnco3)cc2)c2ccccc12. The zero-order chi connectivity index (χ0) is 23.6. The summed E-state index contributed by atoms with van der Waals surface area (Å²) in [4.78, 5) is 17.0. The molecule has 4 heterocycles. The van der Waals surface area contributed by atoms with Crippen LogP contribution in [0.25, 0.3) is 27.9 Å². The normalized spacial score (nSPS) is 11.3. The van der Waals surface area contributed by atoms with Crippen molar-refractivity contribution in [3.8, 4) is 11.3 Å². The largest absolute Gasteiger partial charge is 0.444 e. The fourth-order valence-corrected chi connectivity index (χ4v) is 4.15. The molecular formula is C26H21N7O2. The van der Waals surface area contributed by atoms with Crippen molar-refractivity contribution in [2.45, 2.75) is 13.0 Å². The third-order valence-electron chi connectivity index (χ3n) is 5.89. The smallest absolute Gasteiger partial charge is 0.272 e. The average Bonchev–Trinajstić information content (AvgIpc) is 3.65. The Bertz CT molecular complexity index is 1620. The molecule has 1 amide bonds. The molecule has 0 fully saturated rings. The molecule has 0 unspecified atom stereocenters. The third kappa shape index (κ3) is 4.04. The number of hydrogen-bond donors (Lipinski definition) is 1. The van der Waals surface area contributed by atoms with Gasteiger partial charge in [-0.2, -0.15) is 5.10 Å². The van der Waals surface area contributed by atoms with Crippen LogP contribution in [0.1, 0.15) is 21.9 Å². The van der Waals surface area contributed by atoms with Gasteiger partial charge < -0.3 is 9.73 Å². The molecule has 35 heavy (non-hydrogen) atoms. The van der Waals surface area contributed by atoms with Crippen LogP contribution in [0.15, 0.2) is 89.9 Å². The van der Waals surface area contributed by atoms with Gasteiger partial charge in [-0.25, -0.2) is 4.98 Å². The summed E-state index contributed by atoms with van der Waals surface area (Å²) in [5, 5.41) is 16.8. The monoisotopic (exact) mass is 463 g/mol. The quantitative estimate of drug-likeness (QED) is 0.387. The number of rotatable bonds is 7. The molecule has 1 N–H and O–H groups in total. The van der Waals surface area contributed by atoms with E-state index in [1.807, 2.05) is 82.0 Å². The van der Waals surface area contributed by atoms with Crippen LogP contribution in [-0.4, -0.2) is 41.8 Å². The van der Waals surface area contributed by atoms with Gasteiger partial charge in [0.25, 0.3) is 5.91 Å². The lowest BCUT2D eigenvalue weighted by molar-refractivity contribution is 0.0949. The molecule has 2 aromatic carbocycles. The highest BCUT2D eigenvalue weighted by atomic mass is 16.3. The van der Waals surface area contributed by atoms with Crippen LogP contribution in [0.2, 0.25) is 0 Å². The Morgan fingerprint density at radius 2 is 1.83 bits per heavy atom. The van der Waals surface area contributed by atoms with E-state index in [4.69, 9.17) is 4.42 Å². The number of aromatic nitrogens is 6. The molecule has 6 rings (SSSR count). The Hall–Kier alpha value is -4.79. The highest BCUT2D eigenvalue weighted by molar-refractivity contribution is 6.04. The van der Waals surface area contributed by atoms with Gasteiger partial charge in [-0.15, -0.1) is 10.2 Å². The standard InChI is InChI=1S/C26H21N7O2/c34-26(28-13-12-24-30-29-23-7-3-4-14-32(23)24)25-20-5-1-2-6-21(20)33(31-25)16-18-8-10-19(11-9-18)22-15-27-17-35-22/h1-11,14-15,17H,12-13,16H2,(H,28,34). The summed E-state index contributed by atoms with van der Waals surface area (Å²) in [6.07, 6.45) is 5.58. The molecule has 0 bridgehead atoms. The number of oxazole rings is 1. The molecule has 9 nitrogen and oxygen atoms in total. The van der Waals surface area contributed by atoms with E-state index >= 15 is 0 Å². The van der Waals surface area contributed by atoms with E-state index in [2.05, 4.69) is 25.6 Å². The summed E-state index contributed by atoms with van der Waals surface area (Å²) in [7, 11) is 0. The number of carbonyl (C=O) groups is 1.